The number of urea groups is 1. The number of fused-ring (bicyclic) bond motifs is 1. The Hall–Kier alpha value is -2.77. The Morgan fingerprint density at radius 2 is 1.73 bits per heavy atom. The van der Waals surface area contributed by atoms with E-state index in [1.165, 1.54) is 4.90 Å². The third-order valence-corrected chi connectivity index (χ3v) is 6.57. The van der Waals surface area contributed by atoms with Crippen LogP contribution in [0, 0.1) is 0 Å². The Morgan fingerprint density at radius 3 is 2.40 bits per heavy atom. The van der Waals surface area contributed by atoms with E-state index in [1.54, 1.807) is 19.1 Å². The molecule has 2 aliphatic heterocycles. The van der Waals surface area contributed by atoms with Gasteiger partial charge in [-0.3, -0.25) is 14.5 Å². The Labute approximate surface area is 176 Å². The first-order valence-corrected chi connectivity index (χ1v) is 10.6. The molecule has 4 rings (SSSR count). The molecule has 1 aromatic carbocycles. The molecule has 1 spiro atoms. The molecule has 30 heavy (non-hydrogen) atoms. The quantitative estimate of drug-likeness (QED) is 0.745. The second-order valence-corrected chi connectivity index (χ2v) is 8.32. The van der Waals surface area contributed by atoms with Gasteiger partial charge in [0.1, 0.15) is 5.54 Å². The molecule has 1 aromatic rings. The molecule has 0 radical (unpaired) electrons. The molecule has 1 aliphatic carbocycles. The zero-order valence-electron chi connectivity index (χ0n) is 17.7. The molecule has 162 valence electrons. The molecule has 0 bridgehead atoms. The lowest BCUT2D eigenvalue weighted by molar-refractivity contribution is -0.134. The van der Waals surface area contributed by atoms with Crippen LogP contribution in [0.4, 0.5) is 4.79 Å². The monoisotopic (exact) mass is 415 g/mol. The molecule has 0 aromatic heterocycles. The SMILES string of the molecule is COc1cc2c(cc1OC)CN(C(=O)CCN1C(=O)NC3(CCCCC3)C1=O)CC2. The largest absolute Gasteiger partial charge is 0.493 e. The van der Waals surface area contributed by atoms with Crippen molar-refractivity contribution < 1.29 is 23.9 Å². The van der Waals surface area contributed by atoms with Gasteiger partial charge >= 0.3 is 6.03 Å². The molecule has 0 unspecified atom stereocenters. The lowest BCUT2D eigenvalue weighted by Gasteiger charge is -2.31. The summed E-state index contributed by atoms with van der Waals surface area (Å²) in [5, 5.41) is 2.90. The molecule has 2 fully saturated rings. The van der Waals surface area contributed by atoms with Gasteiger partial charge in [-0.15, -0.1) is 0 Å². The van der Waals surface area contributed by atoms with E-state index in [-0.39, 0.29) is 30.8 Å². The van der Waals surface area contributed by atoms with Gasteiger partial charge in [-0.25, -0.2) is 4.79 Å². The molecule has 8 nitrogen and oxygen atoms in total. The van der Waals surface area contributed by atoms with Gasteiger partial charge in [0.2, 0.25) is 5.91 Å². The zero-order valence-corrected chi connectivity index (χ0v) is 17.7. The molecular formula is C22H29N3O5. The predicted octanol–water partition coefficient (Wildman–Crippen LogP) is 2.23. The number of rotatable bonds is 5. The van der Waals surface area contributed by atoms with Crippen LogP contribution in [0.2, 0.25) is 0 Å². The van der Waals surface area contributed by atoms with Gasteiger partial charge < -0.3 is 19.7 Å². The number of carbonyl (C=O) groups is 3. The van der Waals surface area contributed by atoms with E-state index in [0.29, 0.717) is 37.4 Å². The first-order valence-electron chi connectivity index (χ1n) is 10.6. The average Bonchev–Trinajstić information content (AvgIpc) is 2.99. The highest BCUT2D eigenvalue weighted by atomic mass is 16.5. The van der Waals surface area contributed by atoms with Crippen LogP contribution in [0.1, 0.15) is 49.7 Å². The number of carbonyl (C=O) groups excluding carboxylic acids is 3. The lowest BCUT2D eigenvalue weighted by Crippen LogP contribution is -2.48. The second-order valence-electron chi connectivity index (χ2n) is 8.32. The van der Waals surface area contributed by atoms with Crippen LogP contribution in [0.25, 0.3) is 0 Å². The summed E-state index contributed by atoms with van der Waals surface area (Å²) in [6.45, 7) is 1.21. The van der Waals surface area contributed by atoms with E-state index in [0.717, 1.165) is 36.8 Å². The summed E-state index contributed by atoms with van der Waals surface area (Å²) in [6, 6.07) is 3.51. The zero-order chi connectivity index (χ0) is 21.3. The maximum atomic E-state index is 12.9. The number of nitrogens with one attached hydrogen (secondary N) is 1. The number of nitrogens with zero attached hydrogens (tertiary/aromatic N) is 2. The van der Waals surface area contributed by atoms with E-state index in [1.807, 2.05) is 12.1 Å². The highest BCUT2D eigenvalue weighted by Crippen LogP contribution is 2.35. The Morgan fingerprint density at radius 1 is 1.07 bits per heavy atom. The Bertz CT molecular complexity index is 863. The number of hydrogen-bond donors (Lipinski definition) is 1. The van der Waals surface area contributed by atoms with Crippen LogP contribution in [-0.2, 0) is 22.6 Å². The minimum atomic E-state index is -0.738. The van der Waals surface area contributed by atoms with Crippen LogP contribution in [0.3, 0.4) is 0 Å². The fourth-order valence-corrected chi connectivity index (χ4v) is 4.84. The number of imide groups is 1. The maximum absolute atomic E-state index is 12.9. The lowest BCUT2D eigenvalue weighted by atomic mass is 9.82. The summed E-state index contributed by atoms with van der Waals surface area (Å²) in [6.07, 6.45) is 5.23. The average molecular weight is 415 g/mol. The minimum absolute atomic E-state index is 0.0550. The van der Waals surface area contributed by atoms with Crippen LogP contribution in [-0.4, -0.2) is 60.5 Å². The first-order chi connectivity index (χ1) is 14.5. The third-order valence-electron chi connectivity index (χ3n) is 6.57. The predicted molar refractivity (Wildman–Crippen MR) is 109 cm³/mol. The van der Waals surface area contributed by atoms with Crippen molar-refractivity contribution in [3.05, 3.63) is 23.3 Å². The van der Waals surface area contributed by atoms with E-state index in [9.17, 15) is 14.4 Å². The summed E-state index contributed by atoms with van der Waals surface area (Å²) >= 11 is 0. The normalized spacial score (nSPS) is 20.2. The van der Waals surface area contributed by atoms with Crippen molar-refractivity contribution in [1.29, 1.82) is 0 Å². The van der Waals surface area contributed by atoms with Crippen molar-refractivity contribution in [2.45, 2.75) is 57.0 Å². The highest BCUT2D eigenvalue weighted by Gasteiger charge is 2.51. The molecule has 1 saturated heterocycles. The highest BCUT2D eigenvalue weighted by molar-refractivity contribution is 6.07. The van der Waals surface area contributed by atoms with Crippen molar-refractivity contribution in [1.82, 2.24) is 15.1 Å². The fourth-order valence-electron chi connectivity index (χ4n) is 4.84. The van der Waals surface area contributed by atoms with Crippen LogP contribution in [0.15, 0.2) is 12.1 Å². The minimum Gasteiger partial charge on any atom is -0.493 e. The van der Waals surface area contributed by atoms with E-state index < -0.39 is 5.54 Å². The maximum Gasteiger partial charge on any atom is 0.325 e. The molecule has 4 amide bonds. The summed E-state index contributed by atoms with van der Waals surface area (Å²) < 4.78 is 10.7. The first kappa shape index (κ1) is 20.5. The van der Waals surface area contributed by atoms with Crippen LogP contribution < -0.4 is 14.8 Å². The molecule has 8 heteroatoms. The second kappa shape index (κ2) is 8.16. The van der Waals surface area contributed by atoms with E-state index in [4.69, 9.17) is 9.47 Å². The number of amides is 4. The van der Waals surface area contributed by atoms with Gasteiger partial charge in [-0.2, -0.15) is 0 Å². The molecular weight excluding hydrogens is 386 g/mol. The topological polar surface area (TPSA) is 88.2 Å². The third kappa shape index (κ3) is 3.59. The molecule has 1 saturated carbocycles. The van der Waals surface area contributed by atoms with E-state index in [2.05, 4.69) is 5.32 Å². The molecule has 1 N–H and O–H groups in total. The molecule has 3 aliphatic rings. The van der Waals surface area contributed by atoms with Gasteiger partial charge in [0.25, 0.3) is 5.91 Å². The van der Waals surface area contributed by atoms with Gasteiger partial charge in [0.05, 0.1) is 14.2 Å². The number of hydrogen-bond acceptors (Lipinski definition) is 5. The summed E-state index contributed by atoms with van der Waals surface area (Å²) in [5.74, 6) is 1.11. The smallest absolute Gasteiger partial charge is 0.325 e. The van der Waals surface area contributed by atoms with Gasteiger partial charge in [0.15, 0.2) is 11.5 Å². The summed E-state index contributed by atoms with van der Waals surface area (Å²) in [7, 11) is 3.20. The molecule has 0 atom stereocenters. The van der Waals surface area contributed by atoms with Crippen molar-refractivity contribution >= 4 is 17.8 Å². The van der Waals surface area contributed by atoms with Gasteiger partial charge in [-0.1, -0.05) is 19.3 Å². The Kier molecular flexibility index (Phi) is 5.58. The number of ether oxygens (including phenoxy) is 2. The summed E-state index contributed by atoms with van der Waals surface area (Å²) in [5.41, 5.74) is 1.44. The van der Waals surface area contributed by atoms with Crippen molar-refractivity contribution in [2.75, 3.05) is 27.3 Å². The Balaban J connectivity index is 1.38. The van der Waals surface area contributed by atoms with Crippen molar-refractivity contribution in [3.63, 3.8) is 0 Å². The number of methoxy groups -OCH3 is 2. The van der Waals surface area contributed by atoms with Crippen molar-refractivity contribution in [3.8, 4) is 11.5 Å². The summed E-state index contributed by atoms with van der Waals surface area (Å²) in [4.78, 5) is 41.1. The van der Waals surface area contributed by atoms with Gasteiger partial charge in [0, 0.05) is 26.1 Å². The van der Waals surface area contributed by atoms with Crippen LogP contribution in [0.5, 0.6) is 11.5 Å². The van der Waals surface area contributed by atoms with E-state index >= 15 is 0 Å². The standard InChI is InChI=1S/C22H29N3O5/c1-29-17-12-15-6-10-24(14-16(15)13-18(17)30-2)19(26)7-11-25-20(27)22(23-21(25)28)8-4-3-5-9-22/h12-13H,3-11,14H2,1-2H3,(H,23,28). The van der Waals surface area contributed by atoms with Crippen LogP contribution >= 0.6 is 0 Å². The fraction of sp³-hybridized carbons (Fsp3) is 0.591. The van der Waals surface area contributed by atoms with Gasteiger partial charge in [-0.05, 0) is 42.5 Å². The molecule has 2 heterocycles. The number of benzene rings is 1. The van der Waals surface area contributed by atoms with Crippen molar-refractivity contribution in [2.24, 2.45) is 0 Å².